The fraction of sp³-hybridized carbons (Fsp3) is 0.188. The van der Waals surface area contributed by atoms with Gasteiger partial charge in [0.25, 0.3) is 0 Å². The smallest absolute Gasteiger partial charge is 0.387 e. The predicted molar refractivity (Wildman–Crippen MR) is 81.2 cm³/mol. The van der Waals surface area contributed by atoms with Crippen LogP contribution in [0.4, 0.5) is 20.2 Å². The van der Waals surface area contributed by atoms with Crippen LogP contribution in [0.3, 0.4) is 0 Å². The second-order valence-corrected chi connectivity index (χ2v) is 4.60. The van der Waals surface area contributed by atoms with E-state index < -0.39 is 12.7 Å². The second kappa shape index (κ2) is 7.40. The number of hydrogen-bond acceptors (Lipinski definition) is 3. The van der Waals surface area contributed by atoms with Crippen LogP contribution in [0.1, 0.15) is 6.92 Å². The number of alkyl halides is 2. The number of benzene rings is 2. The Morgan fingerprint density at radius 3 is 2.36 bits per heavy atom. The molecule has 2 rings (SSSR count). The van der Waals surface area contributed by atoms with Crippen LogP contribution in [-0.4, -0.2) is 18.6 Å². The van der Waals surface area contributed by atoms with Crippen LogP contribution < -0.4 is 15.4 Å². The van der Waals surface area contributed by atoms with Gasteiger partial charge >= 0.3 is 6.61 Å². The Balaban J connectivity index is 2.02. The number of anilines is 2. The van der Waals surface area contributed by atoms with E-state index in [0.29, 0.717) is 0 Å². The summed E-state index contributed by atoms with van der Waals surface area (Å²) in [5.41, 5.74) is 0.997. The Labute approximate surface area is 127 Å². The number of amides is 1. The van der Waals surface area contributed by atoms with Gasteiger partial charge in [0, 0.05) is 5.69 Å². The van der Waals surface area contributed by atoms with Gasteiger partial charge in [0.15, 0.2) is 0 Å². The van der Waals surface area contributed by atoms with E-state index in [1.165, 1.54) is 12.1 Å². The third-order valence-corrected chi connectivity index (χ3v) is 2.91. The number of carbonyl (C=O) groups excluding carboxylic acids is 1. The zero-order chi connectivity index (χ0) is 15.9. The highest BCUT2D eigenvalue weighted by atomic mass is 19.3. The molecule has 0 aliphatic carbocycles. The van der Waals surface area contributed by atoms with Crippen molar-refractivity contribution in [3.63, 3.8) is 0 Å². The maximum absolute atomic E-state index is 12.3. The van der Waals surface area contributed by atoms with Crippen molar-refractivity contribution in [3.8, 4) is 5.75 Å². The van der Waals surface area contributed by atoms with Crippen LogP contribution in [0.5, 0.6) is 5.75 Å². The fourth-order valence-electron chi connectivity index (χ4n) is 1.86. The minimum atomic E-state index is -2.95. The van der Waals surface area contributed by atoms with Crippen molar-refractivity contribution in [3.05, 3.63) is 54.6 Å². The van der Waals surface area contributed by atoms with E-state index >= 15 is 0 Å². The molecular formula is C16H16F2N2O2. The van der Waals surface area contributed by atoms with Crippen LogP contribution >= 0.6 is 0 Å². The molecule has 2 aromatic carbocycles. The Kier molecular flexibility index (Phi) is 5.30. The van der Waals surface area contributed by atoms with E-state index in [-0.39, 0.29) is 17.3 Å². The average Bonchev–Trinajstić information content (AvgIpc) is 2.49. The molecule has 0 aromatic heterocycles. The van der Waals surface area contributed by atoms with E-state index in [0.717, 1.165) is 5.69 Å². The normalized spacial score (nSPS) is 11.8. The Hall–Kier alpha value is -2.63. The van der Waals surface area contributed by atoms with Gasteiger partial charge in [0.05, 0.1) is 5.69 Å². The molecule has 2 N–H and O–H groups in total. The van der Waals surface area contributed by atoms with E-state index in [4.69, 9.17) is 0 Å². The van der Waals surface area contributed by atoms with Gasteiger partial charge in [-0.15, -0.1) is 0 Å². The van der Waals surface area contributed by atoms with E-state index in [2.05, 4.69) is 15.4 Å². The molecule has 2 aromatic rings. The number of halogens is 2. The first-order valence-corrected chi connectivity index (χ1v) is 6.72. The van der Waals surface area contributed by atoms with Crippen LogP contribution in [0.25, 0.3) is 0 Å². The van der Waals surface area contributed by atoms with Gasteiger partial charge in [-0.2, -0.15) is 8.78 Å². The summed E-state index contributed by atoms with van der Waals surface area (Å²) in [5.74, 6) is -0.424. The zero-order valence-electron chi connectivity index (χ0n) is 11.9. The van der Waals surface area contributed by atoms with E-state index in [9.17, 15) is 13.6 Å². The summed E-state index contributed by atoms with van der Waals surface area (Å²) >= 11 is 0. The van der Waals surface area contributed by atoms with Gasteiger partial charge in [-0.25, -0.2) is 0 Å². The highest BCUT2D eigenvalue weighted by molar-refractivity contribution is 5.97. The quantitative estimate of drug-likeness (QED) is 0.855. The number of hydrogen-bond donors (Lipinski definition) is 2. The first kappa shape index (κ1) is 15.8. The molecule has 4 nitrogen and oxygen atoms in total. The van der Waals surface area contributed by atoms with Crippen LogP contribution in [0, 0.1) is 0 Å². The lowest BCUT2D eigenvalue weighted by molar-refractivity contribution is -0.116. The van der Waals surface area contributed by atoms with Gasteiger partial charge in [-0.05, 0) is 31.2 Å². The molecule has 0 aliphatic heterocycles. The van der Waals surface area contributed by atoms with Crippen LogP contribution in [0.15, 0.2) is 54.6 Å². The van der Waals surface area contributed by atoms with Crippen LogP contribution in [0.2, 0.25) is 0 Å². The molecule has 0 fully saturated rings. The molecule has 0 spiro atoms. The van der Waals surface area contributed by atoms with Gasteiger partial charge in [-0.1, -0.05) is 30.3 Å². The number of carbonyl (C=O) groups is 1. The molecule has 0 saturated heterocycles. The molecule has 0 unspecified atom stereocenters. The molecule has 0 bridgehead atoms. The fourth-order valence-corrected chi connectivity index (χ4v) is 1.86. The molecule has 0 saturated carbocycles. The molecule has 22 heavy (non-hydrogen) atoms. The van der Waals surface area contributed by atoms with Crippen molar-refractivity contribution in [1.82, 2.24) is 0 Å². The highest BCUT2D eigenvalue weighted by Crippen LogP contribution is 2.25. The number of para-hydroxylation sites is 3. The maximum Gasteiger partial charge on any atom is 0.387 e. The van der Waals surface area contributed by atoms with Crippen molar-refractivity contribution in [1.29, 1.82) is 0 Å². The number of ether oxygens (including phenoxy) is 1. The summed E-state index contributed by atoms with van der Waals surface area (Å²) in [5, 5.41) is 5.60. The summed E-state index contributed by atoms with van der Waals surface area (Å²) in [6.45, 7) is -1.27. The monoisotopic (exact) mass is 306 g/mol. The summed E-state index contributed by atoms with van der Waals surface area (Å²) in [6.07, 6.45) is 0. The van der Waals surface area contributed by atoms with Gasteiger partial charge in [0.2, 0.25) is 5.91 Å². The molecule has 0 aliphatic rings. The molecule has 1 atom stereocenters. The predicted octanol–water partition coefficient (Wildman–Crippen LogP) is 3.73. The minimum absolute atomic E-state index is 0.0715. The minimum Gasteiger partial charge on any atom is -0.433 e. The van der Waals surface area contributed by atoms with Crippen molar-refractivity contribution in [2.75, 3.05) is 10.6 Å². The summed E-state index contributed by atoms with van der Waals surface area (Å²) in [4.78, 5) is 12.1. The van der Waals surface area contributed by atoms with Crippen molar-refractivity contribution >= 4 is 17.3 Å². The molecule has 0 heterocycles. The lowest BCUT2D eigenvalue weighted by Crippen LogP contribution is -2.32. The third-order valence-electron chi connectivity index (χ3n) is 2.91. The van der Waals surface area contributed by atoms with E-state index in [1.807, 2.05) is 30.3 Å². The summed E-state index contributed by atoms with van der Waals surface area (Å²) < 4.78 is 29.0. The maximum atomic E-state index is 12.3. The first-order chi connectivity index (χ1) is 10.6. The molecular weight excluding hydrogens is 290 g/mol. The van der Waals surface area contributed by atoms with Crippen LogP contribution in [-0.2, 0) is 4.79 Å². The lowest BCUT2D eigenvalue weighted by atomic mass is 10.2. The standard InChI is InChI=1S/C16H16F2N2O2/c1-11(19-12-7-3-2-4-8-12)15(21)20-13-9-5-6-10-14(13)22-16(17)18/h2-11,16,19H,1H3,(H,20,21)/t11-/m1/s1. The van der Waals surface area contributed by atoms with Gasteiger partial charge in [-0.3, -0.25) is 4.79 Å². The zero-order valence-corrected chi connectivity index (χ0v) is 11.9. The third kappa shape index (κ3) is 4.44. The number of nitrogens with one attached hydrogen (secondary N) is 2. The lowest BCUT2D eigenvalue weighted by Gasteiger charge is -2.17. The molecule has 116 valence electrons. The van der Waals surface area contributed by atoms with Crippen molar-refractivity contribution in [2.45, 2.75) is 19.6 Å². The Morgan fingerprint density at radius 1 is 1.05 bits per heavy atom. The van der Waals surface area contributed by atoms with Gasteiger partial charge < -0.3 is 15.4 Å². The van der Waals surface area contributed by atoms with Crippen molar-refractivity contribution in [2.24, 2.45) is 0 Å². The molecule has 1 amide bonds. The van der Waals surface area contributed by atoms with E-state index in [1.54, 1.807) is 19.1 Å². The highest BCUT2D eigenvalue weighted by Gasteiger charge is 2.16. The summed E-state index contributed by atoms with van der Waals surface area (Å²) in [7, 11) is 0. The second-order valence-electron chi connectivity index (χ2n) is 4.60. The summed E-state index contributed by atoms with van der Waals surface area (Å²) in [6, 6.07) is 14.7. The Bertz CT molecular complexity index is 621. The van der Waals surface area contributed by atoms with Crippen molar-refractivity contribution < 1.29 is 18.3 Å². The Morgan fingerprint density at radius 2 is 1.68 bits per heavy atom. The van der Waals surface area contributed by atoms with Gasteiger partial charge in [0.1, 0.15) is 11.8 Å². The average molecular weight is 306 g/mol. The largest absolute Gasteiger partial charge is 0.433 e. The number of rotatable bonds is 6. The SMILES string of the molecule is C[C@@H](Nc1ccccc1)C(=O)Nc1ccccc1OC(F)F. The first-order valence-electron chi connectivity index (χ1n) is 6.72. The topological polar surface area (TPSA) is 50.4 Å². The molecule has 0 radical (unpaired) electrons. The molecule has 6 heteroatoms.